The van der Waals surface area contributed by atoms with Crippen molar-refractivity contribution in [2.24, 2.45) is 0 Å². The standard InChI is InChI=1S/C12H17NO6/c1-3-19-11(15)6-10(14)13-9-4-5-18-7-8(9)12(16)17-2/h3-7H2,1-2H3,(H,13,14). The van der Waals surface area contributed by atoms with E-state index in [1.807, 2.05) is 0 Å². The maximum Gasteiger partial charge on any atom is 0.337 e. The Morgan fingerprint density at radius 3 is 2.74 bits per heavy atom. The summed E-state index contributed by atoms with van der Waals surface area (Å²) in [5.41, 5.74) is 0.707. The van der Waals surface area contributed by atoms with Crippen molar-refractivity contribution in [2.75, 3.05) is 26.9 Å². The molecule has 0 saturated carbocycles. The molecular weight excluding hydrogens is 254 g/mol. The highest BCUT2D eigenvalue weighted by Gasteiger charge is 2.22. The highest BCUT2D eigenvalue weighted by Crippen LogP contribution is 2.14. The van der Waals surface area contributed by atoms with Crippen LogP contribution < -0.4 is 5.32 Å². The Hall–Kier alpha value is -1.89. The Morgan fingerprint density at radius 2 is 2.11 bits per heavy atom. The third-order valence-corrected chi connectivity index (χ3v) is 2.44. The number of hydrogen-bond donors (Lipinski definition) is 1. The van der Waals surface area contributed by atoms with Crippen molar-refractivity contribution in [1.82, 2.24) is 5.32 Å². The minimum absolute atomic E-state index is 0.0850. The van der Waals surface area contributed by atoms with E-state index >= 15 is 0 Å². The molecule has 1 rings (SSSR count). The molecule has 1 amide bonds. The zero-order chi connectivity index (χ0) is 14.3. The van der Waals surface area contributed by atoms with Crippen LogP contribution in [-0.2, 0) is 28.6 Å². The van der Waals surface area contributed by atoms with Crippen molar-refractivity contribution in [3.63, 3.8) is 0 Å². The van der Waals surface area contributed by atoms with E-state index in [4.69, 9.17) is 4.74 Å². The van der Waals surface area contributed by atoms with Crippen molar-refractivity contribution >= 4 is 17.8 Å². The molecule has 0 aromatic rings. The number of methoxy groups -OCH3 is 1. The molecule has 106 valence electrons. The highest BCUT2D eigenvalue weighted by atomic mass is 16.5. The molecule has 0 fully saturated rings. The van der Waals surface area contributed by atoms with Gasteiger partial charge in [-0.25, -0.2) is 4.79 Å². The first-order valence-corrected chi connectivity index (χ1v) is 5.92. The molecule has 0 aromatic heterocycles. The van der Waals surface area contributed by atoms with E-state index < -0.39 is 17.8 Å². The Morgan fingerprint density at radius 1 is 1.37 bits per heavy atom. The zero-order valence-electron chi connectivity index (χ0n) is 11.0. The predicted octanol–water partition coefficient (Wildman–Crippen LogP) is -0.0968. The third-order valence-electron chi connectivity index (χ3n) is 2.44. The van der Waals surface area contributed by atoms with Crippen molar-refractivity contribution in [3.8, 4) is 0 Å². The maximum absolute atomic E-state index is 11.6. The van der Waals surface area contributed by atoms with Gasteiger partial charge >= 0.3 is 11.9 Å². The molecule has 0 saturated heterocycles. The summed E-state index contributed by atoms with van der Waals surface area (Å²) in [6.07, 6.45) is 0.00560. The predicted molar refractivity (Wildman–Crippen MR) is 63.9 cm³/mol. The van der Waals surface area contributed by atoms with Crippen LogP contribution in [0.25, 0.3) is 0 Å². The Labute approximate surface area is 110 Å². The molecular formula is C12H17NO6. The molecule has 7 nitrogen and oxygen atoms in total. The largest absolute Gasteiger partial charge is 0.466 e. The van der Waals surface area contributed by atoms with Gasteiger partial charge in [-0.2, -0.15) is 0 Å². The molecule has 0 atom stereocenters. The van der Waals surface area contributed by atoms with Gasteiger partial charge in [-0.3, -0.25) is 9.59 Å². The molecule has 1 aliphatic rings. The minimum Gasteiger partial charge on any atom is -0.466 e. The lowest BCUT2D eigenvalue weighted by atomic mass is 10.1. The number of rotatable bonds is 5. The lowest BCUT2D eigenvalue weighted by Crippen LogP contribution is -2.32. The summed E-state index contributed by atoms with van der Waals surface area (Å²) >= 11 is 0. The van der Waals surface area contributed by atoms with Crippen LogP contribution >= 0.6 is 0 Å². The van der Waals surface area contributed by atoms with Gasteiger partial charge < -0.3 is 19.5 Å². The molecule has 19 heavy (non-hydrogen) atoms. The van der Waals surface area contributed by atoms with E-state index in [9.17, 15) is 14.4 Å². The summed E-state index contributed by atoms with van der Waals surface area (Å²) in [7, 11) is 1.25. The van der Waals surface area contributed by atoms with Crippen LogP contribution in [-0.4, -0.2) is 44.8 Å². The van der Waals surface area contributed by atoms with Gasteiger partial charge in [-0.1, -0.05) is 0 Å². The molecule has 7 heteroatoms. The molecule has 1 aliphatic heterocycles. The van der Waals surface area contributed by atoms with Crippen LogP contribution in [0.4, 0.5) is 0 Å². The Bertz CT molecular complexity index is 401. The second-order valence-electron chi connectivity index (χ2n) is 3.78. The monoisotopic (exact) mass is 271 g/mol. The summed E-state index contributed by atoms with van der Waals surface area (Å²) in [4.78, 5) is 34.2. The summed E-state index contributed by atoms with van der Waals surface area (Å²) in [6, 6.07) is 0. The first kappa shape index (κ1) is 15.2. The van der Waals surface area contributed by atoms with Crippen molar-refractivity contribution < 1.29 is 28.6 Å². The Kier molecular flexibility index (Phi) is 6.01. The average Bonchev–Trinajstić information content (AvgIpc) is 2.38. The third kappa shape index (κ3) is 4.70. The van der Waals surface area contributed by atoms with Crippen LogP contribution in [0, 0.1) is 0 Å². The van der Waals surface area contributed by atoms with Crippen LogP contribution in [0.3, 0.4) is 0 Å². The summed E-state index contributed by atoms with van der Waals surface area (Å²) < 4.78 is 14.4. The minimum atomic E-state index is -0.604. The van der Waals surface area contributed by atoms with E-state index in [2.05, 4.69) is 14.8 Å². The maximum atomic E-state index is 11.6. The normalized spacial score (nSPS) is 14.8. The molecule has 1 N–H and O–H groups in total. The van der Waals surface area contributed by atoms with Gasteiger partial charge in [0.25, 0.3) is 0 Å². The van der Waals surface area contributed by atoms with Gasteiger partial charge in [0, 0.05) is 12.1 Å². The quantitative estimate of drug-likeness (QED) is 0.555. The molecule has 0 radical (unpaired) electrons. The fraction of sp³-hybridized carbons (Fsp3) is 0.583. The average molecular weight is 271 g/mol. The van der Waals surface area contributed by atoms with Crippen LogP contribution in [0.15, 0.2) is 11.3 Å². The summed E-state index contributed by atoms with van der Waals surface area (Å²) in [5, 5.41) is 2.53. The van der Waals surface area contributed by atoms with Crippen molar-refractivity contribution in [3.05, 3.63) is 11.3 Å². The van der Waals surface area contributed by atoms with Gasteiger partial charge in [-0.05, 0) is 6.92 Å². The second-order valence-corrected chi connectivity index (χ2v) is 3.78. The summed E-state index contributed by atoms with van der Waals surface area (Å²) in [6.45, 7) is 2.36. The number of hydrogen-bond acceptors (Lipinski definition) is 6. The number of carbonyl (C=O) groups is 3. The fourth-order valence-electron chi connectivity index (χ4n) is 1.59. The first-order valence-electron chi connectivity index (χ1n) is 5.92. The molecule has 0 aromatic carbocycles. The number of esters is 2. The van der Waals surface area contributed by atoms with Crippen LogP contribution in [0.5, 0.6) is 0 Å². The Balaban J connectivity index is 2.66. The number of ether oxygens (including phenoxy) is 3. The summed E-state index contributed by atoms with van der Waals surface area (Å²) in [5.74, 6) is -1.67. The van der Waals surface area contributed by atoms with E-state index in [1.165, 1.54) is 7.11 Å². The van der Waals surface area contributed by atoms with Gasteiger partial charge in [0.2, 0.25) is 5.91 Å². The van der Waals surface area contributed by atoms with E-state index in [0.29, 0.717) is 18.7 Å². The van der Waals surface area contributed by atoms with Crippen molar-refractivity contribution in [2.45, 2.75) is 19.8 Å². The lowest BCUT2D eigenvalue weighted by molar-refractivity contribution is -0.145. The molecule has 0 aliphatic carbocycles. The first-order chi connectivity index (χ1) is 9.08. The van der Waals surface area contributed by atoms with Crippen LogP contribution in [0.2, 0.25) is 0 Å². The number of amides is 1. The fourth-order valence-corrected chi connectivity index (χ4v) is 1.59. The SMILES string of the molecule is CCOC(=O)CC(=O)NC1=C(C(=O)OC)COCC1. The van der Waals surface area contributed by atoms with Gasteiger partial charge in [0.05, 0.1) is 32.5 Å². The van der Waals surface area contributed by atoms with E-state index in [1.54, 1.807) is 6.92 Å². The second kappa shape index (κ2) is 7.52. The van der Waals surface area contributed by atoms with Crippen LogP contribution in [0.1, 0.15) is 19.8 Å². The van der Waals surface area contributed by atoms with Crippen molar-refractivity contribution in [1.29, 1.82) is 0 Å². The van der Waals surface area contributed by atoms with E-state index in [0.717, 1.165) is 0 Å². The topological polar surface area (TPSA) is 90.9 Å². The highest BCUT2D eigenvalue weighted by molar-refractivity contribution is 5.96. The smallest absolute Gasteiger partial charge is 0.337 e. The molecule has 1 heterocycles. The van der Waals surface area contributed by atoms with E-state index in [-0.39, 0.29) is 25.2 Å². The zero-order valence-corrected chi connectivity index (χ0v) is 11.0. The van der Waals surface area contributed by atoms with Gasteiger partial charge in [0.15, 0.2) is 0 Å². The number of carbonyl (C=O) groups excluding carboxylic acids is 3. The molecule has 0 unspecified atom stereocenters. The number of nitrogens with one attached hydrogen (secondary N) is 1. The van der Waals surface area contributed by atoms with Gasteiger partial charge in [-0.15, -0.1) is 0 Å². The molecule has 0 spiro atoms. The molecule has 0 bridgehead atoms. The van der Waals surface area contributed by atoms with Gasteiger partial charge in [0.1, 0.15) is 6.42 Å². The lowest BCUT2D eigenvalue weighted by Gasteiger charge is -2.19.